The largest absolute Gasteiger partial charge is 0.311 e. The molecule has 4 rings (SSSR count). The number of aryl methyl sites for hydroxylation is 2. The first-order valence-electron chi connectivity index (χ1n) is 9.93. The van der Waals surface area contributed by atoms with E-state index in [0.717, 1.165) is 51.8 Å². The second-order valence-corrected chi connectivity index (χ2v) is 6.60. The summed E-state index contributed by atoms with van der Waals surface area (Å²) in [6, 6.07) is 5.99. The van der Waals surface area contributed by atoms with Crippen molar-refractivity contribution in [2.75, 3.05) is 5.32 Å². The summed E-state index contributed by atoms with van der Waals surface area (Å²) >= 11 is 0. The summed E-state index contributed by atoms with van der Waals surface area (Å²) in [4.78, 5) is 24.7. The molecule has 0 bridgehead atoms. The Morgan fingerprint density at radius 1 is 1.07 bits per heavy atom. The number of rotatable bonds is 4. The molecule has 7 heteroatoms. The van der Waals surface area contributed by atoms with Crippen molar-refractivity contribution >= 4 is 28.3 Å². The summed E-state index contributed by atoms with van der Waals surface area (Å²) in [7, 11) is 0. The van der Waals surface area contributed by atoms with Crippen LogP contribution >= 0.6 is 0 Å². The maximum Gasteiger partial charge on any atom is 0.222 e. The van der Waals surface area contributed by atoms with Gasteiger partial charge < -0.3 is 5.32 Å². The molecule has 0 fully saturated rings. The van der Waals surface area contributed by atoms with E-state index in [1.54, 1.807) is 16.8 Å². The van der Waals surface area contributed by atoms with E-state index in [2.05, 4.69) is 45.3 Å². The smallest absolute Gasteiger partial charge is 0.222 e. The third kappa shape index (κ3) is 4.08. The van der Waals surface area contributed by atoms with Crippen molar-refractivity contribution in [3.05, 3.63) is 48.2 Å². The molecule has 4 aromatic rings. The molecule has 150 valence electrons. The highest BCUT2D eigenvalue weighted by molar-refractivity contribution is 5.94. The van der Waals surface area contributed by atoms with E-state index < -0.39 is 0 Å². The van der Waals surface area contributed by atoms with Crippen molar-refractivity contribution in [2.45, 2.75) is 47.5 Å². The quantitative estimate of drug-likeness (QED) is 0.551. The first-order valence-corrected chi connectivity index (χ1v) is 9.93. The Bertz CT molecular complexity index is 1160. The molecule has 29 heavy (non-hydrogen) atoms. The minimum Gasteiger partial charge on any atom is -0.311 e. The van der Waals surface area contributed by atoms with Crippen molar-refractivity contribution < 1.29 is 4.79 Å². The van der Waals surface area contributed by atoms with Crippen LogP contribution in [0.25, 0.3) is 27.7 Å². The number of hydrogen-bond donors (Lipinski definition) is 1. The standard InChI is InChI=1S/C20H20N6O.C2H6/c1-4-5-15-6-12(2)17(10-21-15)16-7-14-9-22-19(25-13(3)27)8-18(14)26-20(16)23-11-24-26;1-2/h6-11H,4-5H2,1-3H3,(H,22,25,27);1-2H3. The molecule has 0 unspecified atom stereocenters. The normalized spacial score (nSPS) is 10.7. The van der Waals surface area contributed by atoms with Crippen LogP contribution < -0.4 is 5.32 Å². The van der Waals surface area contributed by atoms with Crippen LogP contribution in [0, 0.1) is 6.92 Å². The maximum atomic E-state index is 11.3. The third-order valence-corrected chi connectivity index (χ3v) is 4.50. The summed E-state index contributed by atoms with van der Waals surface area (Å²) in [5.41, 5.74) is 5.82. The first-order chi connectivity index (χ1) is 14.1. The molecule has 0 saturated carbocycles. The van der Waals surface area contributed by atoms with Gasteiger partial charge in [0.15, 0.2) is 5.65 Å². The SMILES string of the molecule is CC.CCCc1cc(C)c(-c2cc3cnc(NC(C)=O)cc3n3ncnc23)cn1. The van der Waals surface area contributed by atoms with Gasteiger partial charge in [0.2, 0.25) is 5.91 Å². The zero-order valence-electron chi connectivity index (χ0n) is 17.5. The van der Waals surface area contributed by atoms with Gasteiger partial charge in [-0.1, -0.05) is 27.2 Å². The lowest BCUT2D eigenvalue weighted by Crippen LogP contribution is -2.07. The lowest BCUT2D eigenvalue weighted by atomic mass is 10.0. The molecule has 7 nitrogen and oxygen atoms in total. The topological polar surface area (TPSA) is 85.1 Å². The number of carbonyl (C=O) groups is 1. The van der Waals surface area contributed by atoms with Crippen LogP contribution in [0.1, 0.15) is 45.4 Å². The Morgan fingerprint density at radius 2 is 1.86 bits per heavy atom. The zero-order chi connectivity index (χ0) is 21.0. The highest BCUT2D eigenvalue weighted by Gasteiger charge is 2.14. The van der Waals surface area contributed by atoms with Crippen LogP contribution in [-0.4, -0.2) is 30.5 Å². The molecule has 4 aromatic heterocycles. The van der Waals surface area contributed by atoms with Crippen molar-refractivity contribution in [3.8, 4) is 11.1 Å². The fourth-order valence-corrected chi connectivity index (χ4v) is 3.31. The molecule has 4 heterocycles. The lowest BCUT2D eigenvalue weighted by Gasteiger charge is -2.11. The van der Waals surface area contributed by atoms with E-state index >= 15 is 0 Å². The number of anilines is 1. The van der Waals surface area contributed by atoms with Crippen molar-refractivity contribution in [1.29, 1.82) is 0 Å². The molecule has 0 aliphatic carbocycles. The van der Waals surface area contributed by atoms with E-state index in [1.807, 2.05) is 26.1 Å². The van der Waals surface area contributed by atoms with E-state index in [-0.39, 0.29) is 5.91 Å². The Labute approximate surface area is 170 Å². The van der Waals surface area contributed by atoms with Gasteiger partial charge in [-0.2, -0.15) is 5.10 Å². The van der Waals surface area contributed by atoms with Gasteiger partial charge in [0, 0.05) is 47.6 Å². The number of nitrogens with one attached hydrogen (secondary N) is 1. The van der Waals surface area contributed by atoms with Gasteiger partial charge in [-0.25, -0.2) is 14.5 Å². The lowest BCUT2D eigenvalue weighted by molar-refractivity contribution is -0.114. The number of pyridine rings is 3. The zero-order valence-corrected chi connectivity index (χ0v) is 17.5. The second kappa shape index (κ2) is 8.77. The third-order valence-electron chi connectivity index (χ3n) is 4.50. The van der Waals surface area contributed by atoms with Crippen molar-refractivity contribution in [3.63, 3.8) is 0 Å². The van der Waals surface area contributed by atoms with Crippen LogP contribution in [-0.2, 0) is 11.2 Å². The van der Waals surface area contributed by atoms with Gasteiger partial charge in [-0.15, -0.1) is 0 Å². The minimum atomic E-state index is -0.165. The van der Waals surface area contributed by atoms with Gasteiger partial charge in [0.25, 0.3) is 0 Å². The number of carbonyl (C=O) groups excluding carboxylic acids is 1. The van der Waals surface area contributed by atoms with E-state index in [4.69, 9.17) is 0 Å². The van der Waals surface area contributed by atoms with Gasteiger partial charge in [-0.3, -0.25) is 9.78 Å². The molecular formula is C22H26N6O. The Hall–Kier alpha value is -3.35. The van der Waals surface area contributed by atoms with Crippen molar-refractivity contribution in [1.82, 2.24) is 24.6 Å². The van der Waals surface area contributed by atoms with E-state index in [9.17, 15) is 4.79 Å². The highest BCUT2D eigenvalue weighted by Crippen LogP contribution is 2.30. The van der Waals surface area contributed by atoms with Crippen LogP contribution in [0.5, 0.6) is 0 Å². The van der Waals surface area contributed by atoms with Gasteiger partial charge in [-0.05, 0) is 31.0 Å². The minimum absolute atomic E-state index is 0.165. The van der Waals surface area contributed by atoms with E-state index in [1.165, 1.54) is 13.3 Å². The molecule has 1 amide bonds. The molecule has 0 radical (unpaired) electrons. The molecule has 0 saturated heterocycles. The molecular weight excluding hydrogens is 364 g/mol. The van der Waals surface area contributed by atoms with Gasteiger partial charge in [0.05, 0.1) is 5.52 Å². The summed E-state index contributed by atoms with van der Waals surface area (Å²) in [6.07, 6.45) is 7.22. The Balaban J connectivity index is 0.00000117. The van der Waals surface area contributed by atoms with Crippen LogP contribution in [0.3, 0.4) is 0 Å². The predicted molar refractivity (Wildman–Crippen MR) is 116 cm³/mol. The average Bonchev–Trinajstić information content (AvgIpc) is 3.20. The average molecular weight is 390 g/mol. The van der Waals surface area contributed by atoms with Crippen LogP contribution in [0.15, 0.2) is 36.9 Å². The molecule has 0 atom stereocenters. The fraction of sp³-hybridized carbons (Fsp3) is 0.318. The Kier molecular flexibility index (Phi) is 6.16. The number of aromatic nitrogens is 5. The van der Waals surface area contributed by atoms with E-state index in [0.29, 0.717) is 5.82 Å². The summed E-state index contributed by atoms with van der Waals surface area (Å²) in [6.45, 7) is 9.69. The number of amides is 1. The first kappa shape index (κ1) is 20.4. The molecule has 0 aliphatic rings. The predicted octanol–water partition coefficient (Wildman–Crippen LogP) is 4.59. The van der Waals surface area contributed by atoms with Crippen LogP contribution in [0.4, 0.5) is 5.82 Å². The molecule has 0 spiro atoms. The fourth-order valence-electron chi connectivity index (χ4n) is 3.31. The summed E-state index contributed by atoms with van der Waals surface area (Å²) in [5, 5.41) is 7.99. The number of nitrogens with zero attached hydrogens (tertiary/aromatic N) is 5. The van der Waals surface area contributed by atoms with Crippen LogP contribution in [0.2, 0.25) is 0 Å². The highest BCUT2D eigenvalue weighted by atomic mass is 16.1. The monoisotopic (exact) mass is 390 g/mol. The second-order valence-electron chi connectivity index (χ2n) is 6.60. The Morgan fingerprint density at radius 3 is 2.55 bits per heavy atom. The number of hydrogen-bond acceptors (Lipinski definition) is 5. The summed E-state index contributed by atoms with van der Waals surface area (Å²) in [5.74, 6) is 0.323. The summed E-state index contributed by atoms with van der Waals surface area (Å²) < 4.78 is 1.77. The molecule has 1 N–H and O–H groups in total. The molecule has 0 aromatic carbocycles. The van der Waals surface area contributed by atoms with Crippen molar-refractivity contribution in [2.24, 2.45) is 0 Å². The molecule has 0 aliphatic heterocycles. The van der Waals surface area contributed by atoms with Gasteiger partial charge in [0.1, 0.15) is 12.1 Å². The maximum absolute atomic E-state index is 11.3. The number of fused-ring (bicyclic) bond motifs is 3. The van der Waals surface area contributed by atoms with Gasteiger partial charge >= 0.3 is 0 Å².